The Morgan fingerprint density at radius 1 is 1.06 bits per heavy atom. The fourth-order valence-corrected chi connectivity index (χ4v) is 4.36. The Morgan fingerprint density at radius 3 is 2.43 bits per heavy atom. The summed E-state index contributed by atoms with van der Waals surface area (Å²) in [5.41, 5.74) is 1.03. The van der Waals surface area contributed by atoms with E-state index in [1.54, 1.807) is 18.3 Å². The maximum Gasteiger partial charge on any atom is 0.320 e. The van der Waals surface area contributed by atoms with Gasteiger partial charge in [-0.25, -0.2) is 14.8 Å². The zero-order valence-electron chi connectivity index (χ0n) is 19.8. The number of hydrogen-bond acceptors (Lipinski definition) is 6. The molecule has 0 atom stereocenters. The molecule has 0 spiro atoms. The first-order valence-electron chi connectivity index (χ1n) is 11.5. The number of carbonyl (C=O) groups is 3. The minimum absolute atomic E-state index is 0.0998. The Hall–Kier alpha value is -3.79. The number of aromatic nitrogens is 2. The highest BCUT2D eigenvalue weighted by Crippen LogP contribution is 2.30. The van der Waals surface area contributed by atoms with Crippen LogP contribution >= 0.6 is 11.3 Å². The first kappa shape index (κ1) is 24.3. The summed E-state index contributed by atoms with van der Waals surface area (Å²) in [6.07, 6.45) is 3.41. The highest BCUT2D eigenvalue weighted by Gasteiger charge is 2.31. The van der Waals surface area contributed by atoms with E-state index in [1.165, 1.54) is 0 Å². The van der Waals surface area contributed by atoms with Crippen molar-refractivity contribution in [2.75, 3.05) is 11.9 Å². The summed E-state index contributed by atoms with van der Waals surface area (Å²) in [4.78, 5) is 47.0. The largest absolute Gasteiger partial charge is 0.348 e. The number of amides is 4. The van der Waals surface area contributed by atoms with Crippen LogP contribution in [0.3, 0.4) is 0 Å². The number of thiazole rings is 1. The molecule has 0 radical (unpaired) electrons. The first-order chi connectivity index (χ1) is 16.8. The Morgan fingerprint density at radius 2 is 1.80 bits per heavy atom. The smallest absolute Gasteiger partial charge is 0.320 e. The van der Waals surface area contributed by atoms with Gasteiger partial charge in [-0.2, -0.15) is 0 Å². The summed E-state index contributed by atoms with van der Waals surface area (Å²) in [7, 11) is 0. The summed E-state index contributed by atoms with van der Waals surface area (Å²) in [6.45, 7) is 6.15. The highest BCUT2D eigenvalue weighted by molar-refractivity contribution is 7.17. The predicted octanol–water partition coefficient (Wildman–Crippen LogP) is 3.90. The third-order valence-corrected chi connectivity index (χ3v) is 6.58. The maximum absolute atomic E-state index is 13.4. The molecule has 1 fully saturated rings. The molecule has 1 aliphatic carbocycles. The molecule has 0 unspecified atom stereocenters. The van der Waals surface area contributed by atoms with Crippen LogP contribution in [0.2, 0.25) is 0 Å². The molecule has 4 amide bonds. The minimum Gasteiger partial charge on any atom is -0.348 e. The standard InChI is InChI=1S/C25H28N6O3S/c1-4-26-24(34)29-18-13-10-15(14-27-18)23-30-19(21(32)28-17-11-12-17)20(35-23)22(33)31-25(2,3)16-8-6-5-7-9-16/h5-10,13-14,17H,4,11-12H2,1-3H3,(H,28,32)(H,31,33)(H2,26,27,29,34). The molecule has 182 valence electrons. The fraction of sp³-hybridized carbons (Fsp3) is 0.320. The van der Waals surface area contributed by atoms with Crippen molar-refractivity contribution in [3.05, 3.63) is 64.8 Å². The molecule has 4 rings (SSSR count). The molecule has 2 aromatic heterocycles. The van der Waals surface area contributed by atoms with E-state index in [0.717, 1.165) is 29.7 Å². The molecule has 2 heterocycles. The van der Waals surface area contributed by atoms with Crippen LogP contribution in [0, 0.1) is 0 Å². The van der Waals surface area contributed by atoms with Crippen LogP contribution in [0.5, 0.6) is 0 Å². The van der Waals surface area contributed by atoms with E-state index in [2.05, 4.69) is 31.2 Å². The lowest BCUT2D eigenvalue weighted by Crippen LogP contribution is -2.41. The Labute approximate surface area is 207 Å². The third-order valence-electron chi connectivity index (χ3n) is 5.47. The fourth-order valence-electron chi connectivity index (χ4n) is 3.42. The summed E-state index contributed by atoms with van der Waals surface area (Å²) < 4.78 is 0. The van der Waals surface area contributed by atoms with Gasteiger partial charge >= 0.3 is 6.03 Å². The summed E-state index contributed by atoms with van der Waals surface area (Å²) in [5.74, 6) is -0.350. The van der Waals surface area contributed by atoms with E-state index in [0.29, 0.717) is 22.9 Å². The summed E-state index contributed by atoms with van der Waals surface area (Å²) in [5, 5.41) is 11.7. The topological polar surface area (TPSA) is 125 Å². The number of rotatable bonds is 8. The molecule has 3 aromatic rings. The number of nitrogens with zero attached hydrogens (tertiary/aromatic N) is 2. The van der Waals surface area contributed by atoms with Crippen molar-refractivity contribution >= 4 is 35.0 Å². The van der Waals surface area contributed by atoms with Crippen LogP contribution in [0.15, 0.2) is 48.7 Å². The summed E-state index contributed by atoms with van der Waals surface area (Å²) >= 11 is 1.14. The van der Waals surface area contributed by atoms with E-state index in [9.17, 15) is 14.4 Å². The van der Waals surface area contributed by atoms with Crippen LogP contribution in [-0.4, -0.2) is 40.4 Å². The molecule has 0 aliphatic heterocycles. The zero-order chi connectivity index (χ0) is 25.0. The third kappa shape index (κ3) is 6.02. The molecule has 0 bridgehead atoms. The van der Waals surface area contributed by atoms with Gasteiger partial charge in [-0.15, -0.1) is 11.3 Å². The molecular formula is C25H28N6O3S. The van der Waals surface area contributed by atoms with Gasteiger partial charge in [0, 0.05) is 24.3 Å². The number of hydrogen-bond donors (Lipinski definition) is 4. The van der Waals surface area contributed by atoms with E-state index < -0.39 is 5.54 Å². The molecule has 0 saturated heterocycles. The van der Waals surface area contributed by atoms with Crippen LogP contribution in [-0.2, 0) is 5.54 Å². The number of urea groups is 1. The van der Waals surface area contributed by atoms with Crippen molar-refractivity contribution < 1.29 is 14.4 Å². The Balaban J connectivity index is 1.60. The average molecular weight is 493 g/mol. The van der Waals surface area contributed by atoms with Crippen molar-refractivity contribution in [2.24, 2.45) is 0 Å². The van der Waals surface area contributed by atoms with Gasteiger partial charge in [-0.05, 0) is 51.3 Å². The van der Waals surface area contributed by atoms with Crippen molar-refractivity contribution in [3.63, 3.8) is 0 Å². The SMILES string of the molecule is CCNC(=O)Nc1ccc(-c2nc(C(=O)NC3CC3)c(C(=O)NC(C)(C)c3ccccc3)s2)cn1. The highest BCUT2D eigenvalue weighted by atomic mass is 32.1. The van der Waals surface area contributed by atoms with Gasteiger partial charge in [0.1, 0.15) is 15.7 Å². The van der Waals surface area contributed by atoms with Crippen LogP contribution < -0.4 is 21.3 Å². The number of anilines is 1. The first-order valence-corrected chi connectivity index (χ1v) is 12.3. The van der Waals surface area contributed by atoms with Crippen molar-refractivity contribution in [3.8, 4) is 10.6 Å². The molecule has 4 N–H and O–H groups in total. The molecule has 35 heavy (non-hydrogen) atoms. The van der Waals surface area contributed by atoms with Gasteiger partial charge in [0.2, 0.25) is 0 Å². The second kappa shape index (κ2) is 10.2. The normalized spacial score (nSPS) is 13.1. The van der Waals surface area contributed by atoms with Gasteiger partial charge < -0.3 is 16.0 Å². The van der Waals surface area contributed by atoms with Gasteiger partial charge in [0.05, 0.1) is 5.54 Å². The Kier molecular flexibility index (Phi) is 7.11. The number of nitrogens with one attached hydrogen (secondary N) is 4. The predicted molar refractivity (Wildman–Crippen MR) is 135 cm³/mol. The Bertz CT molecular complexity index is 1220. The van der Waals surface area contributed by atoms with Crippen molar-refractivity contribution in [1.82, 2.24) is 25.9 Å². The van der Waals surface area contributed by atoms with Crippen LogP contribution in [0.25, 0.3) is 10.6 Å². The molecule has 10 heteroatoms. The maximum atomic E-state index is 13.4. The molecule has 1 saturated carbocycles. The lowest BCUT2D eigenvalue weighted by Gasteiger charge is -2.26. The van der Waals surface area contributed by atoms with Crippen molar-refractivity contribution in [2.45, 2.75) is 45.2 Å². The number of pyridine rings is 1. The lowest BCUT2D eigenvalue weighted by atomic mass is 9.94. The zero-order valence-corrected chi connectivity index (χ0v) is 20.7. The van der Waals surface area contributed by atoms with Crippen LogP contribution in [0.4, 0.5) is 10.6 Å². The number of carbonyl (C=O) groups excluding carboxylic acids is 3. The van der Waals surface area contributed by atoms with Gasteiger partial charge in [-0.3, -0.25) is 14.9 Å². The average Bonchev–Trinajstić information content (AvgIpc) is 3.53. The lowest BCUT2D eigenvalue weighted by molar-refractivity contribution is 0.0893. The van der Waals surface area contributed by atoms with E-state index in [-0.39, 0.29) is 34.5 Å². The van der Waals surface area contributed by atoms with Crippen LogP contribution in [0.1, 0.15) is 59.3 Å². The molecular weight excluding hydrogens is 464 g/mol. The van der Waals surface area contributed by atoms with E-state index >= 15 is 0 Å². The second-order valence-corrected chi connectivity index (χ2v) is 9.81. The van der Waals surface area contributed by atoms with Gasteiger partial charge in [-0.1, -0.05) is 30.3 Å². The van der Waals surface area contributed by atoms with Gasteiger partial charge in [0.15, 0.2) is 5.69 Å². The van der Waals surface area contributed by atoms with E-state index in [1.807, 2.05) is 51.1 Å². The second-order valence-electron chi connectivity index (χ2n) is 8.81. The van der Waals surface area contributed by atoms with Crippen molar-refractivity contribution in [1.29, 1.82) is 0 Å². The minimum atomic E-state index is -0.652. The quantitative estimate of drug-likeness (QED) is 0.380. The number of benzene rings is 1. The van der Waals surface area contributed by atoms with E-state index in [4.69, 9.17) is 0 Å². The monoisotopic (exact) mass is 492 g/mol. The summed E-state index contributed by atoms with van der Waals surface area (Å²) in [6, 6.07) is 12.8. The molecule has 9 nitrogen and oxygen atoms in total. The molecule has 1 aromatic carbocycles. The molecule has 1 aliphatic rings. The van der Waals surface area contributed by atoms with Gasteiger partial charge in [0.25, 0.3) is 11.8 Å².